The zero-order valence-corrected chi connectivity index (χ0v) is 21.5. The van der Waals surface area contributed by atoms with Gasteiger partial charge in [-0.3, -0.25) is 14.4 Å². The molecule has 0 saturated heterocycles. The molecule has 9 nitrogen and oxygen atoms in total. The van der Waals surface area contributed by atoms with Crippen molar-refractivity contribution in [2.45, 2.75) is 76.8 Å². The van der Waals surface area contributed by atoms with Gasteiger partial charge in [-0.05, 0) is 63.1 Å². The number of amides is 1. The molecule has 1 aliphatic heterocycles. The van der Waals surface area contributed by atoms with Crippen molar-refractivity contribution >= 4 is 28.8 Å². The van der Waals surface area contributed by atoms with Crippen LogP contribution < -0.4 is 4.90 Å². The van der Waals surface area contributed by atoms with Crippen LogP contribution in [0.4, 0.5) is 10.5 Å². The largest absolute Gasteiger partial charge is 0.481 e. The number of anilines is 1. The molecule has 9 heteroatoms. The fourth-order valence-corrected chi connectivity index (χ4v) is 6.17. The minimum Gasteiger partial charge on any atom is -0.481 e. The standard InChI is InChI=1S/C27H35N5O4/c1-16(12-18-14-28-30(3)15-18)25-29-24-21-9-8-17(2)31(27(35)36-4)22(21)10-11-23(24)32(25)20-7-5-6-19(13-20)26(33)34/h10-11,14-17,19-20H,5-9,12-13H2,1-4H3,(H,33,34)/t16?,17-,19+,20+/m0/s1. The molecule has 5 rings (SSSR count). The van der Waals surface area contributed by atoms with Gasteiger partial charge in [0.15, 0.2) is 0 Å². The summed E-state index contributed by atoms with van der Waals surface area (Å²) in [6.45, 7) is 4.22. The third kappa shape index (κ3) is 4.24. The number of aromatic nitrogens is 4. The number of fused-ring (bicyclic) bond motifs is 3. The van der Waals surface area contributed by atoms with Crippen LogP contribution >= 0.6 is 0 Å². The van der Waals surface area contributed by atoms with Gasteiger partial charge in [0.2, 0.25) is 0 Å². The van der Waals surface area contributed by atoms with Gasteiger partial charge in [0.25, 0.3) is 0 Å². The second-order valence-corrected chi connectivity index (χ2v) is 10.5. The van der Waals surface area contributed by atoms with Crippen LogP contribution in [0.5, 0.6) is 0 Å². The topological polar surface area (TPSA) is 102 Å². The first-order valence-electron chi connectivity index (χ1n) is 12.9. The molecule has 2 aromatic heterocycles. The van der Waals surface area contributed by atoms with Crippen LogP contribution in [-0.2, 0) is 29.4 Å². The smallest absolute Gasteiger partial charge is 0.414 e. The third-order valence-electron chi connectivity index (χ3n) is 7.96. The van der Waals surface area contributed by atoms with Gasteiger partial charge in [-0.25, -0.2) is 9.78 Å². The van der Waals surface area contributed by atoms with Crippen LogP contribution in [0.3, 0.4) is 0 Å². The number of nitrogens with zero attached hydrogens (tertiary/aromatic N) is 5. The van der Waals surface area contributed by atoms with Gasteiger partial charge < -0.3 is 14.4 Å². The molecule has 1 amide bonds. The molecule has 1 aliphatic carbocycles. The summed E-state index contributed by atoms with van der Waals surface area (Å²) in [7, 11) is 3.33. The molecule has 36 heavy (non-hydrogen) atoms. The molecule has 1 fully saturated rings. The van der Waals surface area contributed by atoms with E-state index in [1.165, 1.54) is 7.11 Å². The van der Waals surface area contributed by atoms with Crippen molar-refractivity contribution in [3.05, 3.63) is 41.5 Å². The van der Waals surface area contributed by atoms with Crippen molar-refractivity contribution in [1.29, 1.82) is 0 Å². The van der Waals surface area contributed by atoms with E-state index in [-0.39, 0.29) is 30.0 Å². The molecule has 0 bridgehead atoms. The van der Waals surface area contributed by atoms with Crippen LogP contribution in [0.2, 0.25) is 0 Å². The Morgan fingerprint density at radius 2 is 2.06 bits per heavy atom. The van der Waals surface area contributed by atoms with E-state index in [9.17, 15) is 14.7 Å². The fourth-order valence-electron chi connectivity index (χ4n) is 6.17. The van der Waals surface area contributed by atoms with Crippen LogP contribution in [0.1, 0.15) is 74.9 Å². The lowest BCUT2D eigenvalue weighted by Gasteiger charge is -2.34. The first-order chi connectivity index (χ1) is 17.3. The Balaban J connectivity index is 1.64. The lowest BCUT2D eigenvalue weighted by Crippen LogP contribution is -2.42. The molecular weight excluding hydrogens is 458 g/mol. The lowest BCUT2D eigenvalue weighted by atomic mass is 9.85. The highest BCUT2D eigenvalue weighted by molar-refractivity contribution is 5.95. The van der Waals surface area contributed by atoms with Crippen molar-refractivity contribution < 1.29 is 19.4 Å². The summed E-state index contributed by atoms with van der Waals surface area (Å²) < 4.78 is 9.21. The van der Waals surface area contributed by atoms with Crippen molar-refractivity contribution in [2.75, 3.05) is 12.0 Å². The summed E-state index contributed by atoms with van der Waals surface area (Å²) >= 11 is 0. The second-order valence-electron chi connectivity index (χ2n) is 10.5. The number of aliphatic carboxylic acids is 1. The van der Waals surface area contributed by atoms with Gasteiger partial charge in [0, 0.05) is 36.8 Å². The minimum absolute atomic E-state index is 0.0446. The van der Waals surface area contributed by atoms with Crippen LogP contribution in [0, 0.1) is 5.92 Å². The number of imidazole rings is 1. The molecule has 3 aromatic rings. The number of hydrogen-bond donors (Lipinski definition) is 1. The van der Waals surface area contributed by atoms with E-state index in [0.717, 1.165) is 72.2 Å². The maximum atomic E-state index is 12.6. The molecule has 1 saturated carbocycles. The summed E-state index contributed by atoms with van der Waals surface area (Å²) in [5, 5.41) is 14.1. The molecule has 3 heterocycles. The summed E-state index contributed by atoms with van der Waals surface area (Å²) in [5.74, 6) is 0.0355. The number of carboxylic acid groups (broad SMARTS) is 1. The molecule has 1 N–H and O–H groups in total. The number of carbonyl (C=O) groups is 2. The van der Waals surface area contributed by atoms with Crippen LogP contribution in [0.15, 0.2) is 24.5 Å². The molecular formula is C27H35N5O4. The summed E-state index contributed by atoms with van der Waals surface area (Å²) in [4.78, 5) is 31.4. The maximum Gasteiger partial charge on any atom is 0.414 e. The quantitative estimate of drug-likeness (QED) is 0.546. The molecule has 1 unspecified atom stereocenters. The highest BCUT2D eigenvalue weighted by atomic mass is 16.5. The van der Waals surface area contributed by atoms with Gasteiger partial charge in [-0.15, -0.1) is 0 Å². The number of carboxylic acids is 1. The number of carbonyl (C=O) groups excluding carboxylic acids is 1. The second kappa shape index (κ2) is 9.59. The van der Waals surface area contributed by atoms with E-state index in [4.69, 9.17) is 9.72 Å². The molecule has 0 spiro atoms. The van der Waals surface area contributed by atoms with Crippen LogP contribution in [0.25, 0.3) is 11.0 Å². The van der Waals surface area contributed by atoms with Crippen molar-refractivity contribution in [1.82, 2.24) is 19.3 Å². The first-order valence-corrected chi connectivity index (χ1v) is 12.9. The van der Waals surface area contributed by atoms with E-state index >= 15 is 0 Å². The average Bonchev–Trinajstić information content (AvgIpc) is 3.46. The molecule has 2 aliphatic rings. The predicted octanol–water partition coefficient (Wildman–Crippen LogP) is 4.84. The number of ether oxygens (including phenoxy) is 1. The highest BCUT2D eigenvalue weighted by Gasteiger charge is 2.35. The van der Waals surface area contributed by atoms with E-state index in [2.05, 4.69) is 22.7 Å². The Kier molecular flexibility index (Phi) is 6.49. The van der Waals surface area contributed by atoms with Gasteiger partial charge in [0.1, 0.15) is 5.82 Å². The lowest BCUT2D eigenvalue weighted by molar-refractivity contribution is -0.143. The third-order valence-corrected chi connectivity index (χ3v) is 7.96. The Bertz CT molecular complexity index is 1290. The Morgan fingerprint density at radius 3 is 2.75 bits per heavy atom. The number of methoxy groups -OCH3 is 1. The highest BCUT2D eigenvalue weighted by Crippen LogP contribution is 2.42. The number of benzene rings is 1. The minimum atomic E-state index is -0.714. The fraction of sp³-hybridized carbons (Fsp3) is 0.556. The summed E-state index contributed by atoms with van der Waals surface area (Å²) in [6, 6.07) is 4.19. The van der Waals surface area contributed by atoms with E-state index < -0.39 is 5.97 Å². The van der Waals surface area contributed by atoms with E-state index in [0.29, 0.717) is 6.42 Å². The van der Waals surface area contributed by atoms with Gasteiger partial charge in [0.05, 0.1) is 35.9 Å². The van der Waals surface area contributed by atoms with Gasteiger partial charge >= 0.3 is 12.1 Å². The number of hydrogen-bond acceptors (Lipinski definition) is 5. The van der Waals surface area contributed by atoms with Crippen molar-refractivity contribution in [3.8, 4) is 0 Å². The van der Waals surface area contributed by atoms with Gasteiger partial charge in [-0.1, -0.05) is 13.3 Å². The summed E-state index contributed by atoms with van der Waals surface area (Å²) in [5.41, 5.74) is 5.01. The van der Waals surface area contributed by atoms with Crippen LogP contribution in [-0.4, -0.2) is 49.7 Å². The van der Waals surface area contributed by atoms with E-state index in [1.54, 1.807) is 4.90 Å². The normalized spacial score (nSPS) is 22.9. The molecule has 1 aromatic carbocycles. The Labute approximate surface area is 211 Å². The number of aryl methyl sites for hydroxylation is 2. The zero-order chi connectivity index (χ0) is 25.6. The van der Waals surface area contributed by atoms with Crippen molar-refractivity contribution in [3.63, 3.8) is 0 Å². The monoisotopic (exact) mass is 493 g/mol. The Hall–Kier alpha value is -3.36. The first kappa shape index (κ1) is 24.3. The predicted molar refractivity (Wildman–Crippen MR) is 136 cm³/mol. The number of rotatable bonds is 5. The SMILES string of the molecule is COC(=O)N1c2ccc3c(nc(C(C)Cc4cnn(C)c4)n3[C@@H]3CCC[C@@H](C(=O)O)C3)c2CC[C@@H]1C. The molecule has 0 radical (unpaired) electrons. The zero-order valence-electron chi connectivity index (χ0n) is 21.5. The van der Waals surface area contributed by atoms with E-state index in [1.807, 2.05) is 37.1 Å². The summed E-state index contributed by atoms with van der Waals surface area (Å²) in [6.07, 6.45) is 9.17. The van der Waals surface area contributed by atoms with Gasteiger partial charge in [-0.2, -0.15) is 5.10 Å². The maximum absolute atomic E-state index is 12.6. The molecule has 192 valence electrons. The van der Waals surface area contributed by atoms with Crippen molar-refractivity contribution in [2.24, 2.45) is 13.0 Å². The molecule has 4 atom stereocenters. The Morgan fingerprint density at radius 1 is 1.25 bits per heavy atom. The average molecular weight is 494 g/mol.